The van der Waals surface area contributed by atoms with Gasteiger partial charge in [-0.1, -0.05) is 25.7 Å². The van der Waals surface area contributed by atoms with Crippen molar-refractivity contribution in [3.8, 4) is 0 Å². The van der Waals surface area contributed by atoms with Crippen LogP contribution in [0.25, 0.3) is 0 Å². The molecule has 2 nitrogen and oxygen atoms in total. The largest absolute Gasteiger partial charge is 1.00 e. The molecule has 0 saturated carbocycles. The number of carboxylic acids is 1. The molecule has 16 heavy (non-hydrogen) atoms. The molecule has 0 atom stereocenters. The van der Waals surface area contributed by atoms with E-state index in [1.54, 1.807) is 0 Å². The molecule has 0 aliphatic carbocycles. The number of rotatable bonds is 8. The maximum atomic E-state index is 11.7. The molecule has 0 spiro atoms. The van der Waals surface area contributed by atoms with Crippen molar-refractivity contribution in [2.45, 2.75) is 57.5 Å². The fraction of sp³-hybridized carbons (Fsp3) is 0.900. The molecule has 0 fully saturated rings. The van der Waals surface area contributed by atoms with Crippen LogP contribution in [0.5, 0.6) is 0 Å². The van der Waals surface area contributed by atoms with Gasteiger partial charge in [0.25, 0.3) is 0 Å². The number of alkyl halides is 3. The summed E-state index contributed by atoms with van der Waals surface area (Å²) in [7, 11) is 0. The minimum atomic E-state index is -4.05. The van der Waals surface area contributed by atoms with Gasteiger partial charge in [0.05, 0.1) is 0 Å². The monoisotopic (exact) mass is 248 g/mol. The van der Waals surface area contributed by atoms with Crippen LogP contribution in [0.4, 0.5) is 13.2 Å². The Hall–Kier alpha value is 0.260. The average molecular weight is 248 g/mol. The number of hydrogen-bond acceptors (Lipinski definition) is 2. The van der Waals surface area contributed by atoms with Gasteiger partial charge in [0, 0.05) is 12.4 Å². The molecule has 0 aliphatic rings. The maximum Gasteiger partial charge on any atom is 1.00 e. The fourth-order valence-corrected chi connectivity index (χ4v) is 1.30. The molecule has 90 valence electrons. The molecule has 6 heteroatoms. The van der Waals surface area contributed by atoms with Crippen LogP contribution in [0.1, 0.15) is 51.4 Å². The standard InChI is InChI=1S/C10H17F3O2.Na/c11-10(12,13)8-6-4-2-1-3-5-7-9(14)15;/h1-8H2,(H,14,15);/q;+1/p-1. The van der Waals surface area contributed by atoms with E-state index in [1.165, 1.54) is 0 Å². The van der Waals surface area contributed by atoms with Gasteiger partial charge in [-0.25, -0.2) is 0 Å². The second-order valence-electron chi connectivity index (χ2n) is 3.61. The van der Waals surface area contributed by atoms with Gasteiger partial charge >= 0.3 is 35.7 Å². The van der Waals surface area contributed by atoms with Gasteiger partial charge in [0.2, 0.25) is 0 Å². The molecule has 0 unspecified atom stereocenters. The topological polar surface area (TPSA) is 40.1 Å². The van der Waals surface area contributed by atoms with Crippen molar-refractivity contribution in [3.05, 3.63) is 0 Å². The van der Waals surface area contributed by atoms with E-state index in [-0.39, 0.29) is 42.4 Å². The molecule has 0 bridgehead atoms. The minimum absolute atomic E-state index is 0. The van der Waals surface area contributed by atoms with Crippen LogP contribution < -0.4 is 34.7 Å². The third-order valence-electron chi connectivity index (χ3n) is 2.09. The van der Waals surface area contributed by atoms with E-state index in [9.17, 15) is 23.1 Å². The Labute approximate surface area is 116 Å². The molecule has 0 N–H and O–H groups in total. The van der Waals surface area contributed by atoms with E-state index >= 15 is 0 Å². The van der Waals surface area contributed by atoms with Crippen LogP contribution in [-0.4, -0.2) is 12.1 Å². The molecule has 0 amide bonds. The van der Waals surface area contributed by atoms with E-state index in [1.807, 2.05) is 0 Å². The first-order valence-electron chi connectivity index (χ1n) is 5.18. The van der Waals surface area contributed by atoms with Crippen molar-refractivity contribution in [1.82, 2.24) is 0 Å². The Kier molecular flexibility index (Phi) is 12.1. The molecular weight excluding hydrogens is 232 g/mol. The molecule has 0 aromatic rings. The Morgan fingerprint density at radius 3 is 1.81 bits per heavy atom. The third kappa shape index (κ3) is 16.7. The predicted molar refractivity (Wildman–Crippen MR) is 48.0 cm³/mol. The summed E-state index contributed by atoms with van der Waals surface area (Å²) in [5.74, 6) is -1.06. The van der Waals surface area contributed by atoms with Crippen LogP contribution in [0, 0.1) is 0 Å². The van der Waals surface area contributed by atoms with Crippen molar-refractivity contribution < 1.29 is 52.6 Å². The summed E-state index contributed by atoms with van der Waals surface area (Å²) >= 11 is 0. The van der Waals surface area contributed by atoms with Crippen LogP contribution in [0.15, 0.2) is 0 Å². The van der Waals surface area contributed by atoms with Gasteiger partial charge in [-0.15, -0.1) is 0 Å². The molecule has 0 saturated heterocycles. The van der Waals surface area contributed by atoms with Crippen LogP contribution in [0.2, 0.25) is 0 Å². The molecule has 0 aliphatic heterocycles. The van der Waals surface area contributed by atoms with Crippen molar-refractivity contribution in [1.29, 1.82) is 0 Å². The van der Waals surface area contributed by atoms with E-state index in [2.05, 4.69) is 0 Å². The van der Waals surface area contributed by atoms with Gasteiger partial charge in [0.1, 0.15) is 0 Å². The van der Waals surface area contributed by atoms with E-state index in [0.29, 0.717) is 12.8 Å². The zero-order valence-corrected chi connectivity index (χ0v) is 11.6. The SMILES string of the molecule is O=C([O-])CCCCCCCCC(F)(F)F.[Na+]. The Morgan fingerprint density at radius 2 is 1.38 bits per heavy atom. The number of carbonyl (C=O) groups excluding carboxylic acids is 1. The van der Waals surface area contributed by atoms with Gasteiger partial charge < -0.3 is 9.90 Å². The van der Waals surface area contributed by atoms with Crippen LogP contribution in [-0.2, 0) is 4.79 Å². The van der Waals surface area contributed by atoms with Crippen molar-refractivity contribution in [3.63, 3.8) is 0 Å². The van der Waals surface area contributed by atoms with E-state index < -0.39 is 18.6 Å². The summed E-state index contributed by atoms with van der Waals surface area (Å²) < 4.78 is 35.1. The molecule has 0 heterocycles. The molecule has 0 rings (SSSR count). The van der Waals surface area contributed by atoms with Gasteiger partial charge in [-0.3, -0.25) is 0 Å². The summed E-state index contributed by atoms with van der Waals surface area (Å²) in [6, 6.07) is 0. The quantitative estimate of drug-likeness (QED) is 0.426. The second kappa shape index (κ2) is 10.4. The van der Waals surface area contributed by atoms with Crippen molar-refractivity contribution in [2.75, 3.05) is 0 Å². The Morgan fingerprint density at radius 1 is 0.938 bits per heavy atom. The normalized spacial score (nSPS) is 10.9. The zero-order chi connectivity index (χ0) is 11.7. The molecule has 0 aromatic heterocycles. The van der Waals surface area contributed by atoms with E-state index in [0.717, 1.165) is 19.3 Å². The molecular formula is C10H16F3NaO2. The van der Waals surface area contributed by atoms with Gasteiger partial charge in [-0.2, -0.15) is 13.2 Å². The first-order valence-corrected chi connectivity index (χ1v) is 5.18. The van der Waals surface area contributed by atoms with Crippen LogP contribution >= 0.6 is 0 Å². The number of carbonyl (C=O) groups is 1. The third-order valence-corrected chi connectivity index (χ3v) is 2.09. The summed E-state index contributed by atoms with van der Waals surface area (Å²) in [6.45, 7) is 0. The Bertz CT molecular complexity index is 183. The molecule has 0 aromatic carbocycles. The van der Waals surface area contributed by atoms with E-state index in [4.69, 9.17) is 0 Å². The van der Waals surface area contributed by atoms with Gasteiger partial charge in [0.15, 0.2) is 0 Å². The van der Waals surface area contributed by atoms with Crippen LogP contribution in [0.3, 0.4) is 0 Å². The summed E-state index contributed by atoms with van der Waals surface area (Å²) in [6.07, 6.45) is -1.14. The fourth-order valence-electron chi connectivity index (χ4n) is 1.30. The molecule has 0 radical (unpaired) electrons. The van der Waals surface area contributed by atoms with Gasteiger partial charge in [-0.05, 0) is 19.3 Å². The Balaban J connectivity index is 0. The number of hydrogen-bond donors (Lipinski definition) is 0. The maximum absolute atomic E-state index is 11.7. The zero-order valence-electron chi connectivity index (χ0n) is 9.61. The first-order chi connectivity index (χ1) is 6.92. The minimum Gasteiger partial charge on any atom is -0.550 e. The number of unbranched alkanes of at least 4 members (excludes halogenated alkanes) is 5. The summed E-state index contributed by atoms with van der Waals surface area (Å²) in [4.78, 5) is 10.0. The summed E-state index contributed by atoms with van der Waals surface area (Å²) in [5, 5.41) is 10.0. The average Bonchev–Trinajstić information content (AvgIpc) is 2.07. The number of halogens is 3. The first kappa shape index (κ1) is 18.6. The predicted octanol–water partition coefficient (Wildman–Crippen LogP) is -0.577. The number of aliphatic carboxylic acids is 1. The van der Waals surface area contributed by atoms with Crippen molar-refractivity contribution in [2.24, 2.45) is 0 Å². The second-order valence-corrected chi connectivity index (χ2v) is 3.61. The number of carboxylic acid groups (broad SMARTS) is 1. The smallest absolute Gasteiger partial charge is 0.550 e. The summed E-state index contributed by atoms with van der Waals surface area (Å²) in [5.41, 5.74) is 0. The van der Waals surface area contributed by atoms with Crippen molar-refractivity contribution >= 4 is 5.97 Å².